The Morgan fingerprint density at radius 3 is 2.33 bits per heavy atom. The minimum Gasteiger partial charge on any atom is -0.307 e. The van der Waals surface area contributed by atoms with Crippen molar-refractivity contribution in [2.45, 2.75) is 25.8 Å². The summed E-state index contributed by atoms with van der Waals surface area (Å²) in [6, 6.07) is 4.51. The van der Waals surface area contributed by atoms with Gasteiger partial charge in [0.1, 0.15) is 18.2 Å². The van der Waals surface area contributed by atoms with E-state index in [2.05, 4.69) is 10.4 Å². The molecule has 21 heavy (non-hydrogen) atoms. The SMILES string of the molecule is Fc1cc(F)cc(CNCc2ccnn2CC(F)(F)F)c1. The lowest BCUT2D eigenvalue weighted by atomic mass is 10.2. The Hall–Kier alpha value is -1.96. The molecule has 114 valence electrons. The molecule has 1 heterocycles. The van der Waals surface area contributed by atoms with Crippen LogP contribution in [-0.2, 0) is 19.6 Å². The molecule has 0 fully saturated rings. The first kappa shape index (κ1) is 15.4. The first-order chi connectivity index (χ1) is 9.83. The summed E-state index contributed by atoms with van der Waals surface area (Å²) in [6.45, 7) is -0.939. The van der Waals surface area contributed by atoms with Gasteiger partial charge in [0.2, 0.25) is 0 Å². The summed E-state index contributed by atoms with van der Waals surface area (Å²) >= 11 is 0. The average Bonchev–Trinajstić information content (AvgIpc) is 2.73. The second-order valence-corrected chi connectivity index (χ2v) is 4.48. The molecule has 2 aromatic rings. The predicted octanol–water partition coefficient (Wildman–Crippen LogP) is 3.01. The van der Waals surface area contributed by atoms with Gasteiger partial charge < -0.3 is 5.32 Å². The minimum atomic E-state index is -4.35. The molecule has 0 spiro atoms. The molecule has 0 radical (unpaired) electrons. The molecule has 0 saturated heterocycles. The molecule has 0 unspecified atom stereocenters. The Balaban J connectivity index is 1.93. The van der Waals surface area contributed by atoms with Crippen molar-refractivity contribution in [3.8, 4) is 0 Å². The van der Waals surface area contributed by atoms with Gasteiger partial charge in [-0.3, -0.25) is 4.68 Å². The number of nitrogens with zero attached hydrogens (tertiary/aromatic N) is 2. The van der Waals surface area contributed by atoms with E-state index in [0.717, 1.165) is 22.9 Å². The van der Waals surface area contributed by atoms with Gasteiger partial charge in [-0.05, 0) is 23.8 Å². The number of hydrogen-bond acceptors (Lipinski definition) is 2. The Kier molecular flexibility index (Phi) is 4.56. The summed E-state index contributed by atoms with van der Waals surface area (Å²) in [5.74, 6) is -1.40. The van der Waals surface area contributed by atoms with Crippen molar-refractivity contribution >= 4 is 0 Å². The normalized spacial score (nSPS) is 11.9. The highest BCUT2D eigenvalue weighted by Crippen LogP contribution is 2.18. The third kappa shape index (κ3) is 4.82. The van der Waals surface area contributed by atoms with Crippen LogP contribution in [0.1, 0.15) is 11.3 Å². The molecule has 1 aromatic carbocycles. The van der Waals surface area contributed by atoms with Gasteiger partial charge in [0, 0.05) is 25.4 Å². The van der Waals surface area contributed by atoms with Crippen LogP contribution in [0, 0.1) is 11.6 Å². The van der Waals surface area contributed by atoms with Gasteiger partial charge in [-0.1, -0.05) is 0 Å². The number of aromatic nitrogens is 2. The smallest absolute Gasteiger partial charge is 0.307 e. The van der Waals surface area contributed by atoms with Gasteiger partial charge in [0.15, 0.2) is 0 Å². The number of benzene rings is 1. The quantitative estimate of drug-likeness (QED) is 0.861. The van der Waals surface area contributed by atoms with Crippen LogP contribution in [0.2, 0.25) is 0 Å². The Morgan fingerprint density at radius 2 is 1.71 bits per heavy atom. The van der Waals surface area contributed by atoms with Crippen LogP contribution in [-0.4, -0.2) is 16.0 Å². The fourth-order valence-corrected chi connectivity index (χ4v) is 1.87. The molecule has 0 aliphatic carbocycles. The van der Waals surface area contributed by atoms with Crippen LogP contribution >= 0.6 is 0 Å². The number of halogens is 5. The maximum absolute atomic E-state index is 13.0. The lowest BCUT2D eigenvalue weighted by Crippen LogP contribution is -2.23. The third-order valence-corrected chi connectivity index (χ3v) is 2.69. The highest BCUT2D eigenvalue weighted by molar-refractivity contribution is 5.17. The highest BCUT2D eigenvalue weighted by atomic mass is 19.4. The molecular weight excluding hydrogens is 293 g/mol. The van der Waals surface area contributed by atoms with Crippen LogP contribution in [0.5, 0.6) is 0 Å². The molecule has 0 amide bonds. The predicted molar refractivity (Wildman–Crippen MR) is 65.2 cm³/mol. The average molecular weight is 305 g/mol. The first-order valence-electron chi connectivity index (χ1n) is 6.06. The molecule has 0 bridgehead atoms. The molecule has 1 aromatic heterocycles. The lowest BCUT2D eigenvalue weighted by Gasteiger charge is -2.11. The Morgan fingerprint density at radius 1 is 1.05 bits per heavy atom. The number of alkyl halides is 3. The summed E-state index contributed by atoms with van der Waals surface area (Å²) in [7, 11) is 0. The number of nitrogens with one attached hydrogen (secondary N) is 1. The fourth-order valence-electron chi connectivity index (χ4n) is 1.87. The zero-order chi connectivity index (χ0) is 15.5. The van der Waals surface area contributed by atoms with E-state index in [9.17, 15) is 22.0 Å². The number of rotatable bonds is 5. The van der Waals surface area contributed by atoms with Gasteiger partial charge >= 0.3 is 6.18 Å². The van der Waals surface area contributed by atoms with Crippen LogP contribution < -0.4 is 5.32 Å². The van der Waals surface area contributed by atoms with Crippen molar-refractivity contribution in [3.05, 3.63) is 53.4 Å². The summed E-state index contributed by atoms with van der Waals surface area (Å²) in [4.78, 5) is 0. The van der Waals surface area contributed by atoms with E-state index in [1.54, 1.807) is 0 Å². The molecule has 2 rings (SSSR count). The van der Waals surface area contributed by atoms with E-state index < -0.39 is 24.4 Å². The number of hydrogen-bond donors (Lipinski definition) is 1. The second kappa shape index (κ2) is 6.21. The summed E-state index contributed by atoms with van der Waals surface area (Å²) in [5, 5.41) is 6.42. The topological polar surface area (TPSA) is 29.9 Å². The third-order valence-electron chi connectivity index (χ3n) is 2.69. The molecule has 0 saturated carbocycles. The monoisotopic (exact) mass is 305 g/mol. The van der Waals surface area contributed by atoms with Crippen molar-refractivity contribution in [1.82, 2.24) is 15.1 Å². The van der Waals surface area contributed by atoms with E-state index in [0.29, 0.717) is 11.3 Å². The maximum Gasteiger partial charge on any atom is 0.408 e. The summed E-state index contributed by atoms with van der Waals surface area (Å²) in [5.41, 5.74) is 0.707. The highest BCUT2D eigenvalue weighted by Gasteiger charge is 2.29. The molecule has 8 heteroatoms. The molecule has 0 aliphatic heterocycles. The zero-order valence-electron chi connectivity index (χ0n) is 10.8. The minimum absolute atomic E-state index is 0.105. The molecule has 0 atom stereocenters. The van der Waals surface area contributed by atoms with Crippen molar-refractivity contribution in [2.75, 3.05) is 0 Å². The van der Waals surface area contributed by atoms with E-state index in [-0.39, 0.29) is 13.1 Å². The lowest BCUT2D eigenvalue weighted by molar-refractivity contribution is -0.143. The van der Waals surface area contributed by atoms with E-state index in [1.807, 2.05) is 0 Å². The summed E-state index contributed by atoms with van der Waals surface area (Å²) < 4.78 is 63.7. The standard InChI is InChI=1S/C13H12F5N3/c14-10-3-9(4-11(15)5-10)6-19-7-12-1-2-20-21(12)8-13(16,17)18/h1-5,19H,6-8H2. The van der Waals surface area contributed by atoms with Crippen LogP contribution in [0.4, 0.5) is 22.0 Å². The second-order valence-electron chi connectivity index (χ2n) is 4.48. The molecule has 3 nitrogen and oxygen atoms in total. The van der Waals surface area contributed by atoms with E-state index >= 15 is 0 Å². The molecular formula is C13H12F5N3. The van der Waals surface area contributed by atoms with Crippen molar-refractivity contribution in [1.29, 1.82) is 0 Å². The van der Waals surface area contributed by atoms with Gasteiger partial charge in [-0.2, -0.15) is 18.3 Å². The van der Waals surface area contributed by atoms with Crippen molar-refractivity contribution in [3.63, 3.8) is 0 Å². The first-order valence-corrected chi connectivity index (χ1v) is 6.06. The van der Waals surface area contributed by atoms with E-state index in [4.69, 9.17) is 0 Å². The van der Waals surface area contributed by atoms with Crippen LogP contribution in [0.3, 0.4) is 0 Å². The van der Waals surface area contributed by atoms with Gasteiger partial charge in [-0.15, -0.1) is 0 Å². The zero-order valence-corrected chi connectivity index (χ0v) is 10.8. The Labute approximate surface area is 117 Å². The van der Waals surface area contributed by atoms with Gasteiger partial charge in [0.05, 0.1) is 5.69 Å². The largest absolute Gasteiger partial charge is 0.408 e. The summed E-state index contributed by atoms with van der Waals surface area (Å²) in [6.07, 6.45) is -3.09. The van der Waals surface area contributed by atoms with E-state index in [1.165, 1.54) is 12.3 Å². The van der Waals surface area contributed by atoms with Crippen molar-refractivity contribution in [2.24, 2.45) is 0 Å². The van der Waals surface area contributed by atoms with Crippen LogP contribution in [0.25, 0.3) is 0 Å². The maximum atomic E-state index is 13.0. The molecule has 0 aliphatic rings. The van der Waals surface area contributed by atoms with Gasteiger partial charge in [0.25, 0.3) is 0 Å². The fraction of sp³-hybridized carbons (Fsp3) is 0.308. The van der Waals surface area contributed by atoms with Crippen molar-refractivity contribution < 1.29 is 22.0 Å². The Bertz CT molecular complexity index is 586. The van der Waals surface area contributed by atoms with Crippen LogP contribution in [0.15, 0.2) is 30.5 Å². The van der Waals surface area contributed by atoms with Gasteiger partial charge in [-0.25, -0.2) is 8.78 Å². The molecule has 1 N–H and O–H groups in total.